The number of carbonyl (C=O) groups excluding carboxylic acids is 1. The zero-order valence-corrected chi connectivity index (χ0v) is 10.4. The Balaban J connectivity index is 2.04. The van der Waals surface area contributed by atoms with Gasteiger partial charge in [-0.15, -0.1) is 0 Å². The normalized spacial score (nSPS) is 14.9. The van der Waals surface area contributed by atoms with E-state index in [1.165, 1.54) is 24.6 Å². The number of rotatable bonds is 4. The third-order valence-corrected chi connectivity index (χ3v) is 3.50. The van der Waals surface area contributed by atoms with E-state index in [4.69, 9.17) is 11.6 Å². The fourth-order valence-electron chi connectivity index (χ4n) is 1.83. The monoisotopic (exact) mass is 268 g/mol. The summed E-state index contributed by atoms with van der Waals surface area (Å²) in [6.07, 6.45) is 3.50. The van der Waals surface area contributed by atoms with E-state index in [1.54, 1.807) is 0 Å². The van der Waals surface area contributed by atoms with Crippen LogP contribution in [-0.2, 0) is 0 Å². The van der Waals surface area contributed by atoms with Crippen molar-refractivity contribution in [3.8, 4) is 0 Å². The lowest BCUT2D eigenvalue weighted by atomic mass is 9.85. The molecule has 1 amide bonds. The van der Waals surface area contributed by atoms with Crippen LogP contribution in [0.4, 0.5) is 5.69 Å². The van der Waals surface area contributed by atoms with Gasteiger partial charge in [0.2, 0.25) is 0 Å². The Bertz CT molecular complexity index is 486. The van der Waals surface area contributed by atoms with Crippen LogP contribution in [0.1, 0.15) is 29.6 Å². The maximum Gasteiger partial charge on any atom is 0.288 e. The third-order valence-electron chi connectivity index (χ3n) is 3.18. The van der Waals surface area contributed by atoms with Gasteiger partial charge in [0, 0.05) is 18.2 Å². The minimum absolute atomic E-state index is 0.0375. The number of hydrogen-bond donors (Lipinski definition) is 1. The van der Waals surface area contributed by atoms with Crippen molar-refractivity contribution in [3.05, 3.63) is 38.9 Å². The molecule has 5 nitrogen and oxygen atoms in total. The molecule has 2 rings (SSSR count). The van der Waals surface area contributed by atoms with Gasteiger partial charge in [-0.05, 0) is 30.9 Å². The molecule has 0 atom stereocenters. The van der Waals surface area contributed by atoms with Gasteiger partial charge in [-0.3, -0.25) is 14.9 Å². The van der Waals surface area contributed by atoms with Crippen molar-refractivity contribution >= 4 is 23.2 Å². The highest BCUT2D eigenvalue weighted by molar-refractivity contribution is 6.32. The van der Waals surface area contributed by atoms with Crippen LogP contribution in [0.3, 0.4) is 0 Å². The fraction of sp³-hybridized carbons (Fsp3) is 0.417. The quantitative estimate of drug-likeness (QED) is 0.674. The first-order valence-electron chi connectivity index (χ1n) is 5.80. The summed E-state index contributed by atoms with van der Waals surface area (Å²) >= 11 is 5.68. The number of nitro benzene ring substituents is 1. The van der Waals surface area contributed by atoms with Gasteiger partial charge in [0.1, 0.15) is 5.02 Å². The van der Waals surface area contributed by atoms with Gasteiger partial charge >= 0.3 is 0 Å². The molecule has 1 fully saturated rings. The van der Waals surface area contributed by atoms with Gasteiger partial charge in [0.15, 0.2) is 0 Å². The van der Waals surface area contributed by atoms with Crippen LogP contribution >= 0.6 is 11.6 Å². The largest absolute Gasteiger partial charge is 0.352 e. The molecule has 0 saturated heterocycles. The molecule has 0 bridgehead atoms. The predicted molar refractivity (Wildman–Crippen MR) is 67.8 cm³/mol. The second-order valence-electron chi connectivity index (χ2n) is 4.43. The lowest BCUT2D eigenvalue weighted by molar-refractivity contribution is -0.384. The van der Waals surface area contributed by atoms with Crippen LogP contribution in [0.15, 0.2) is 18.2 Å². The Morgan fingerprint density at radius 2 is 2.22 bits per heavy atom. The summed E-state index contributed by atoms with van der Waals surface area (Å²) in [7, 11) is 0. The Kier molecular flexibility index (Phi) is 3.81. The van der Waals surface area contributed by atoms with Crippen molar-refractivity contribution in [1.29, 1.82) is 0 Å². The summed E-state index contributed by atoms with van der Waals surface area (Å²) in [5, 5.41) is 13.5. The standard InChI is InChI=1S/C12H13ClN2O3/c13-10-5-4-9(6-11(10)15(17)18)12(16)14-7-8-2-1-3-8/h4-6,8H,1-3,7H2,(H,14,16). The van der Waals surface area contributed by atoms with Crippen molar-refractivity contribution in [1.82, 2.24) is 5.32 Å². The number of amides is 1. The molecule has 0 heterocycles. The maximum atomic E-state index is 11.8. The topological polar surface area (TPSA) is 72.2 Å². The van der Waals surface area contributed by atoms with E-state index >= 15 is 0 Å². The molecular formula is C12H13ClN2O3. The molecule has 1 aromatic rings. The Hall–Kier alpha value is -1.62. The molecule has 0 spiro atoms. The van der Waals surface area contributed by atoms with E-state index in [9.17, 15) is 14.9 Å². The van der Waals surface area contributed by atoms with Gasteiger partial charge in [-0.25, -0.2) is 0 Å². The van der Waals surface area contributed by atoms with Gasteiger partial charge in [0.25, 0.3) is 11.6 Å². The summed E-state index contributed by atoms with van der Waals surface area (Å²) in [5.41, 5.74) is 0.0263. The molecule has 1 aromatic carbocycles. The van der Waals surface area contributed by atoms with E-state index in [-0.39, 0.29) is 22.2 Å². The first-order valence-corrected chi connectivity index (χ1v) is 6.18. The van der Waals surface area contributed by atoms with Crippen molar-refractivity contribution in [3.63, 3.8) is 0 Å². The van der Waals surface area contributed by atoms with Crippen LogP contribution in [-0.4, -0.2) is 17.4 Å². The zero-order chi connectivity index (χ0) is 13.1. The minimum atomic E-state index is -0.592. The van der Waals surface area contributed by atoms with Crippen molar-refractivity contribution in [2.45, 2.75) is 19.3 Å². The van der Waals surface area contributed by atoms with E-state index in [1.807, 2.05) is 0 Å². The smallest absolute Gasteiger partial charge is 0.288 e. The number of carbonyl (C=O) groups is 1. The lowest BCUT2D eigenvalue weighted by Gasteiger charge is -2.25. The highest BCUT2D eigenvalue weighted by Gasteiger charge is 2.20. The molecule has 1 aliphatic carbocycles. The maximum absolute atomic E-state index is 11.8. The molecule has 96 valence electrons. The van der Waals surface area contributed by atoms with Crippen molar-refractivity contribution in [2.75, 3.05) is 6.54 Å². The first-order chi connectivity index (χ1) is 8.58. The number of nitrogens with one attached hydrogen (secondary N) is 1. The summed E-state index contributed by atoms with van der Waals surface area (Å²) < 4.78 is 0. The van der Waals surface area contributed by atoms with Crippen molar-refractivity contribution in [2.24, 2.45) is 5.92 Å². The Morgan fingerprint density at radius 3 is 2.78 bits per heavy atom. The van der Waals surface area contributed by atoms with Gasteiger partial charge in [-0.2, -0.15) is 0 Å². The average Bonchev–Trinajstić information content (AvgIpc) is 2.26. The third kappa shape index (κ3) is 2.79. The summed E-state index contributed by atoms with van der Waals surface area (Å²) in [5.74, 6) is 0.262. The van der Waals surface area contributed by atoms with E-state index in [0.29, 0.717) is 12.5 Å². The Labute approximate surface area is 109 Å². The van der Waals surface area contributed by atoms with Crippen LogP contribution < -0.4 is 5.32 Å². The predicted octanol–water partition coefficient (Wildman–Crippen LogP) is 2.78. The molecular weight excluding hydrogens is 256 g/mol. The number of halogens is 1. The molecule has 1 N–H and O–H groups in total. The fourth-order valence-corrected chi connectivity index (χ4v) is 2.02. The molecule has 6 heteroatoms. The SMILES string of the molecule is O=C(NCC1CCC1)c1ccc(Cl)c([N+](=O)[O-])c1. The number of benzene rings is 1. The highest BCUT2D eigenvalue weighted by Crippen LogP contribution is 2.26. The van der Waals surface area contributed by atoms with Crippen LogP contribution in [0.25, 0.3) is 0 Å². The molecule has 1 aliphatic rings. The summed E-state index contributed by atoms with van der Waals surface area (Å²) in [6.45, 7) is 0.634. The summed E-state index contributed by atoms with van der Waals surface area (Å²) in [4.78, 5) is 21.9. The molecule has 1 saturated carbocycles. The van der Waals surface area contributed by atoms with Gasteiger partial charge in [-0.1, -0.05) is 18.0 Å². The van der Waals surface area contributed by atoms with E-state index < -0.39 is 4.92 Å². The molecule has 18 heavy (non-hydrogen) atoms. The first kappa shape index (κ1) is 12.8. The number of nitrogens with zero attached hydrogens (tertiary/aromatic N) is 1. The lowest BCUT2D eigenvalue weighted by Crippen LogP contribution is -2.32. The van der Waals surface area contributed by atoms with E-state index in [2.05, 4.69) is 5.32 Å². The van der Waals surface area contributed by atoms with Crippen molar-refractivity contribution < 1.29 is 9.72 Å². The minimum Gasteiger partial charge on any atom is -0.352 e. The second-order valence-corrected chi connectivity index (χ2v) is 4.84. The summed E-state index contributed by atoms with van der Waals surface area (Å²) in [6, 6.07) is 4.07. The Morgan fingerprint density at radius 1 is 1.50 bits per heavy atom. The second kappa shape index (κ2) is 5.35. The number of hydrogen-bond acceptors (Lipinski definition) is 3. The van der Waals surface area contributed by atoms with Crippen LogP contribution in [0.2, 0.25) is 5.02 Å². The van der Waals surface area contributed by atoms with Gasteiger partial charge in [0.05, 0.1) is 4.92 Å². The van der Waals surface area contributed by atoms with Crippen LogP contribution in [0, 0.1) is 16.0 Å². The highest BCUT2D eigenvalue weighted by atomic mass is 35.5. The number of nitro groups is 1. The van der Waals surface area contributed by atoms with E-state index in [0.717, 1.165) is 12.8 Å². The molecule has 0 aliphatic heterocycles. The molecule has 0 aromatic heterocycles. The molecule has 0 unspecified atom stereocenters. The molecule has 0 radical (unpaired) electrons. The van der Waals surface area contributed by atoms with Crippen LogP contribution in [0.5, 0.6) is 0 Å². The van der Waals surface area contributed by atoms with Gasteiger partial charge < -0.3 is 5.32 Å². The average molecular weight is 269 g/mol. The zero-order valence-electron chi connectivity index (χ0n) is 9.69.